The molecule has 4 nitrogen and oxygen atoms in total. The Kier molecular flexibility index (Phi) is 3.21. The summed E-state index contributed by atoms with van der Waals surface area (Å²) in [5.74, 6) is 1.44. The maximum absolute atomic E-state index is 9.01. The van der Waals surface area contributed by atoms with Crippen molar-refractivity contribution in [3.05, 3.63) is 40.5 Å². The van der Waals surface area contributed by atoms with E-state index in [1.807, 2.05) is 31.2 Å². The SMILES string of the molecule is Cc1cc(-c2ccc3c(c2)OCCO3)nc(Cl)c1C#N. The van der Waals surface area contributed by atoms with Crippen molar-refractivity contribution >= 4 is 11.6 Å². The van der Waals surface area contributed by atoms with Crippen molar-refractivity contribution in [2.75, 3.05) is 13.2 Å². The number of aromatic nitrogens is 1. The first kappa shape index (κ1) is 12.8. The first-order valence-electron chi connectivity index (χ1n) is 6.16. The van der Waals surface area contributed by atoms with Gasteiger partial charge in [-0.3, -0.25) is 0 Å². The summed E-state index contributed by atoms with van der Waals surface area (Å²) in [5, 5.41) is 9.23. The number of ether oxygens (including phenoxy) is 2. The summed E-state index contributed by atoms with van der Waals surface area (Å²) in [6.07, 6.45) is 0. The standard InChI is InChI=1S/C15H11ClN2O2/c1-9-6-12(18-15(16)11(9)8-17)10-2-3-13-14(7-10)20-5-4-19-13/h2-3,6-7H,4-5H2,1H3. The van der Waals surface area contributed by atoms with Crippen molar-refractivity contribution in [1.29, 1.82) is 5.26 Å². The summed E-state index contributed by atoms with van der Waals surface area (Å²) in [4.78, 5) is 4.27. The molecule has 3 rings (SSSR count). The topological polar surface area (TPSA) is 55.1 Å². The molecular weight excluding hydrogens is 276 g/mol. The van der Waals surface area contributed by atoms with E-state index in [-0.39, 0.29) is 5.15 Å². The Morgan fingerprint density at radius 3 is 2.65 bits per heavy atom. The van der Waals surface area contributed by atoms with Gasteiger partial charge < -0.3 is 9.47 Å². The van der Waals surface area contributed by atoms with Crippen LogP contribution in [0.4, 0.5) is 0 Å². The number of fused-ring (bicyclic) bond motifs is 1. The minimum Gasteiger partial charge on any atom is -0.486 e. The fourth-order valence-electron chi connectivity index (χ4n) is 2.12. The number of hydrogen-bond donors (Lipinski definition) is 0. The van der Waals surface area contributed by atoms with Crippen LogP contribution in [0.3, 0.4) is 0 Å². The largest absolute Gasteiger partial charge is 0.486 e. The monoisotopic (exact) mass is 286 g/mol. The highest BCUT2D eigenvalue weighted by atomic mass is 35.5. The zero-order chi connectivity index (χ0) is 14.1. The predicted octanol–water partition coefficient (Wildman–Crippen LogP) is 3.35. The minimum absolute atomic E-state index is 0.220. The second-order valence-electron chi connectivity index (χ2n) is 4.46. The van der Waals surface area contributed by atoms with Gasteiger partial charge >= 0.3 is 0 Å². The van der Waals surface area contributed by atoms with Crippen LogP contribution in [0.1, 0.15) is 11.1 Å². The van der Waals surface area contributed by atoms with Gasteiger partial charge in [-0.25, -0.2) is 4.98 Å². The second kappa shape index (κ2) is 5.03. The fourth-order valence-corrected chi connectivity index (χ4v) is 2.40. The summed E-state index contributed by atoms with van der Waals surface area (Å²) < 4.78 is 11.0. The number of nitriles is 1. The van der Waals surface area contributed by atoms with Crippen LogP contribution in [0.5, 0.6) is 11.5 Å². The van der Waals surface area contributed by atoms with E-state index in [1.54, 1.807) is 0 Å². The van der Waals surface area contributed by atoms with Crippen LogP contribution in [-0.4, -0.2) is 18.2 Å². The average Bonchev–Trinajstić information content (AvgIpc) is 2.46. The number of halogens is 1. The predicted molar refractivity (Wildman–Crippen MR) is 75.1 cm³/mol. The lowest BCUT2D eigenvalue weighted by Gasteiger charge is -2.18. The van der Waals surface area contributed by atoms with Gasteiger partial charge in [-0.1, -0.05) is 11.6 Å². The van der Waals surface area contributed by atoms with Gasteiger partial charge in [0.2, 0.25) is 0 Å². The van der Waals surface area contributed by atoms with Crippen LogP contribution in [0, 0.1) is 18.3 Å². The minimum atomic E-state index is 0.220. The molecule has 5 heteroatoms. The third kappa shape index (κ3) is 2.17. The number of rotatable bonds is 1. The molecule has 0 atom stereocenters. The van der Waals surface area contributed by atoms with Gasteiger partial charge in [0, 0.05) is 5.56 Å². The van der Waals surface area contributed by atoms with Crippen molar-refractivity contribution in [1.82, 2.24) is 4.98 Å². The van der Waals surface area contributed by atoms with Gasteiger partial charge in [-0.15, -0.1) is 0 Å². The highest BCUT2D eigenvalue weighted by Crippen LogP contribution is 2.34. The molecule has 100 valence electrons. The fraction of sp³-hybridized carbons (Fsp3) is 0.200. The van der Waals surface area contributed by atoms with E-state index in [0.717, 1.165) is 16.9 Å². The number of benzene rings is 1. The molecule has 0 saturated carbocycles. The molecule has 1 aromatic heterocycles. The van der Waals surface area contributed by atoms with Crippen LogP contribution >= 0.6 is 11.6 Å². The summed E-state index contributed by atoms with van der Waals surface area (Å²) in [7, 11) is 0. The van der Waals surface area contributed by atoms with E-state index >= 15 is 0 Å². The Hall–Kier alpha value is -2.25. The van der Waals surface area contributed by atoms with Crippen LogP contribution < -0.4 is 9.47 Å². The Balaban J connectivity index is 2.08. The third-order valence-electron chi connectivity index (χ3n) is 3.12. The maximum Gasteiger partial charge on any atom is 0.162 e. The second-order valence-corrected chi connectivity index (χ2v) is 4.82. The molecule has 0 saturated heterocycles. The highest BCUT2D eigenvalue weighted by molar-refractivity contribution is 6.30. The van der Waals surface area contributed by atoms with Crippen molar-refractivity contribution in [2.24, 2.45) is 0 Å². The molecule has 0 radical (unpaired) electrons. The number of pyridine rings is 1. The van der Waals surface area contributed by atoms with Crippen LogP contribution in [0.2, 0.25) is 5.15 Å². The van der Waals surface area contributed by atoms with Crippen molar-refractivity contribution in [2.45, 2.75) is 6.92 Å². The number of aryl methyl sites for hydroxylation is 1. The number of nitrogens with zero attached hydrogens (tertiary/aromatic N) is 2. The Bertz CT molecular complexity index is 699. The molecule has 1 aromatic carbocycles. The van der Waals surface area contributed by atoms with Gasteiger partial charge in [-0.2, -0.15) is 5.26 Å². The number of hydrogen-bond acceptors (Lipinski definition) is 4. The van der Waals surface area contributed by atoms with Crippen molar-refractivity contribution < 1.29 is 9.47 Å². The van der Waals surface area contributed by atoms with Crippen LogP contribution in [0.15, 0.2) is 24.3 Å². The van der Waals surface area contributed by atoms with E-state index in [2.05, 4.69) is 11.1 Å². The highest BCUT2D eigenvalue weighted by Gasteiger charge is 2.14. The summed E-state index contributed by atoms with van der Waals surface area (Å²) >= 11 is 6.04. The zero-order valence-corrected chi connectivity index (χ0v) is 11.6. The molecule has 2 heterocycles. The normalized spacial score (nSPS) is 12.8. The Morgan fingerprint density at radius 2 is 1.95 bits per heavy atom. The molecule has 0 unspecified atom stereocenters. The molecule has 0 aliphatic carbocycles. The van der Waals surface area contributed by atoms with E-state index in [9.17, 15) is 0 Å². The average molecular weight is 287 g/mol. The molecular formula is C15H11ClN2O2. The molecule has 1 aliphatic rings. The molecule has 0 spiro atoms. The maximum atomic E-state index is 9.01. The van der Waals surface area contributed by atoms with E-state index < -0.39 is 0 Å². The molecule has 2 aromatic rings. The van der Waals surface area contributed by atoms with E-state index in [0.29, 0.717) is 30.2 Å². The van der Waals surface area contributed by atoms with Gasteiger partial charge in [0.1, 0.15) is 24.4 Å². The van der Waals surface area contributed by atoms with Crippen molar-refractivity contribution in [3.63, 3.8) is 0 Å². The lowest BCUT2D eigenvalue weighted by molar-refractivity contribution is 0.171. The van der Waals surface area contributed by atoms with Gasteiger partial charge in [0.15, 0.2) is 11.5 Å². The quantitative estimate of drug-likeness (QED) is 0.754. The smallest absolute Gasteiger partial charge is 0.162 e. The van der Waals surface area contributed by atoms with E-state index in [1.165, 1.54) is 0 Å². The van der Waals surface area contributed by atoms with Crippen LogP contribution in [-0.2, 0) is 0 Å². The van der Waals surface area contributed by atoms with Crippen molar-refractivity contribution in [3.8, 4) is 28.8 Å². The lowest BCUT2D eigenvalue weighted by Crippen LogP contribution is -2.15. The zero-order valence-electron chi connectivity index (χ0n) is 10.8. The third-order valence-corrected chi connectivity index (χ3v) is 3.40. The summed E-state index contributed by atoms with van der Waals surface area (Å²) in [6, 6.07) is 9.52. The molecule has 0 fully saturated rings. The molecule has 0 amide bonds. The summed E-state index contributed by atoms with van der Waals surface area (Å²) in [6.45, 7) is 2.94. The lowest BCUT2D eigenvalue weighted by atomic mass is 10.1. The summed E-state index contributed by atoms with van der Waals surface area (Å²) in [5.41, 5.74) is 2.80. The molecule has 1 aliphatic heterocycles. The Morgan fingerprint density at radius 1 is 1.20 bits per heavy atom. The first-order chi connectivity index (χ1) is 9.69. The van der Waals surface area contributed by atoms with Gasteiger partial charge in [0.05, 0.1) is 11.3 Å². The molecule has 0 N–H and O–H groups in total. The van der Waals surface area contributed by atoms with Crippen LogP contribution in [0.25, 0.3) is 11.3 Å². The Labute approximate surface area is 121 Å². The molecule has 20 heavy (non-hydrogen) atoms. The van der Waals surface area contributed by atoms with Gasteiger partial charge in [0.25, 0.3) is 0 Å². The first-order valence-corrected chi connectivity index (χ1v) is 6.54. The van der Waals surface area contributed by atoms with E-state index in [4.69, 9.17) is 26.3 Å². The molecule has 0 bridgehead atoms. The van der Waals surface area contributed by atoms with Gasteiger partial charge in [-0.05, 0) is 36.8 Å².